The summed E-state index contributed by atoms with van der Waals surface area (Å²) in [6, 6.07) is 7.97. The van der Waals surface area contributed by atoms with Crippen LogP contribution < -0.4 is 10.2 Å². The molecule has 0 aromatic heterocycles. The van der Waals surface area contributed by atoms with Crippen LogP contribution in [0.5, 0.6) is 0 Å². The Morgan fingerprint density at radius 2 is 1.57 bits per heavy atom. The topological polar surface area (TPSA) is 15.3 Å². The van der Waals surface area contributed by atoms with E-state index in [9.17, 15) is 0 Å². The molecule has 0 fully saturated rings. The van der Waals surface area contributed by atoms with Crippen LogP contribution in [0.3, 0.4) is 0 Å². The lowest BCUT2D eigenvalue weighted by Gasteiger charge is -2.27. The minimum atomic E-state index is -1.37. The lowest BCUT2D eigenvalue weighted by Crippen LogP contribution is -2.33. The average molecular weight is 402 g/mol. The van der Waals surface area contributed by atoms with Crippen LogP contribution in [0.4, 0.5) is 5.69 Å². The molecule has 0 aliphatic heterocycles. The maximum Gasteiger partial charge on any atom is 0.209 e. The number of rotatable bonds is 8. The van der Waals surface area contributed by atoms with Gasteiger partial charge in [0.15, 0.2) is 0 Å². The Hall–Kier alpha value is 0.140. The fourth-order valence-corrected chi connectivity index (χ4v) is 3.01. The van der Waals surface area contributed by atoms with Gasteiger partial charge in [0.05, 0.1) is 6.04 Å². The van der Waals surface area contributed by atoms with Gasteiger partial charge in [0, 0.05) is 18.8 Å². The second kappa shape index (κ2) is 10.9. The molecule has 1 unspecified atom stereocenters. The van der Waals surface area contributed by atoms with E-state index in [1.165, 1.54) is 5.69 Å². The molecule has 1 aromatic carbocycles. The minimum absolute atomic E-state index is 0. The van der Waals surface area contributed by atoms with Gasteiger partial charge in [-0.2, -0.15) is 0 Å². The molecule has 1 N–H and O–H groups in total. The normalized spacial score (nSPS) is 12.9. The van der Waals surface area contributed by atoms with Crippen LogP contribution in [0.1, 0.15) is 45.7 Å². The summed E-state index contributed by atoms with van der Waals surface area (Å²) in [5.41, 5.74) is 2.19. The van der Waals surface area contributed by atoms with E-state index < -0.39 is 3.79 Å². The Bertz CT molecular complexity index is 425. The lowest BCUT2D eigenvalue weighted by molar-refractivity contribution is 0.481. The molecule has 6 heteroatoms. The molecular formula is C17H28Cl4N2. The van der Waals surface area contributed by atoms with Gasteiger partial charge in [-0.1, -0.05) is 60.8 Å². The van der Waals surface area contributed by atoms with Crippen molar-refractivity contribution < 1.29 is 0 Å². The summed E-state index contributed by atoms with van der Waals surface area (Å²) < 4.78 is -1.37. The first kappa shape index (κ1) is 23.1. The van der Waals surface area contributed by atoms with Gasteiger partial charge in [-0.05, 0) is 50.4 Å². The van der Waals surface area contributed by atoms with E-state index in [0.29, 0.717) is 5.92 Å². The number of nitrogens with one attached hydrogen (secondary N) is 1. The minimum Gasteiger partial charge on any atom is -0.372 e. The number of hydrogen-bond acceptors (Lipinski definition) is 2. The summed E-state index contributed by atoms with van der Waals surface area (Å²) >= 11 is 18.5. The number of benzene rings is 1. The summed E-state index contributed by atoms with van der Waals surface area (Å²) in [5, 5.41) is 3.37. The van der Waals surface area contributed by atoms with Crippen molar-refractivity contribution in [2.45, 2.75) is 44.0 Å². The zero-order chi connectivity index (χ0) is 16.8. The second-order valence-corrected chi connectivity index (χ2v) is 8.24. The Labute approximate surface area is 162 Å². The molecule has 0 amide bonds. The van der Waals surface area contributed by atoms with Crippen LogP contribution in [-0.2, 0) is 0 Å². The van der Waals surface area contributed by atoms with Crippen LogP contribution in [0, 0.1) is 5.92 Å². The Morgan fingerprint density at radius 3 is 1.96 bits per heavy atom. The molecule has 0 aliphatic rings. The molecule has 1 rings (SSSR count). The zero-order valence-corrected chi connectivity index (χ0v) is 17.4. The van der Waals surface area contributed by atoms with Gasteiger partial charge in [-0.15, -0.1) is 12.4 Å². The van der Waals surface area contributed by atoms with Crippen LogP contribution in [0.25, 0.3) is 0 Å². The molecule has 1 atom stereocenters. The van der Waals surface area contributed by atoms with Crippen molar-refractivity contribution in [3.63, 3.8) is 0 Å². The number of alkyl halides is 3. The van der Waals surface area contributed by atoms with Crippen molar-refractivity contribution in [2.24, 2.45) is 5.92 Å². The Balaban J connectivity index is 0.00000484. The second-order valence-electron chi connectivity index (χ2n) is 5.88. The molecule has 2 nitrogen and oxygen atoms in total. The number of nitrogens with zero attached hydrogens (tertiary/aromatic N) is 1. The molecule has 0 bridgehead atoms. The summed E-state index contributed by atoms with van der Waals surface area (Å²) in [5.74, 6) is 0.619. The third-order valence-corrected chi connectivity index (χ3v) is 4.41. The van der Waals surface area contributed by atoms with Crippen molar-refractivity contribution in [3.8, 4) is 0 Å². The maximum absolute atomic E-state index is 6.16. The van der Waals surface area contributed by atoms with Gasteiger partial charge in [0.2, 0.25) is 3.79 Å². The fraction of sp³-hybridized carbons (Fsp3) is 0.647. The van der Waals surface area contributed by atoms with E-state index in [1.54, 1.807) is 0 Å². The predicted molar refractivity (Wildman–Crippen MR) is 108 cm³/mol. The van der Waals surface area contributed by atoms with E-state index in [0.717, 1.165) is 31.6 Å². The highest BCUT2D eigenvalue weighted by Crippen LogP contribution is 2.40. The number of halogens is 4. The summed E-state index contributed by atoms with van der Waals surface area (Å²) in [6.45, 7) is 11.5. The highest BCUT2D eigenvalue weighted by molar-refractivity contribution is 6.68. The first-order chi connectivity index (χ1) is 10.3. The zero-order valence-electron chi connectivity index (χ0n) is 14.3. The van der Waals surface area contributed by atoms with Gasteiger partial charge in [-0.25, -0.2) is 0 Å². The molecule has 23 heavy (non-hydrogen) atoms. The fourth-order valence-electron chi connectivity index (χ4n) is 2.41. The summed E-state index contributed by atoms with van der Waals surface area (Å²) in [7, 11) is 0. The van der Waals surface area contributed by atoms with E-state index in [-0.39, 0.29) is 18.4 Å². The van der Waals surface area contributed by atoms with Crippen LogP contribution >= 0.6 is 47.2 Å². The van der Waals surface area contributed by atoms with Gasteiger partial charge in [0.1, 0.15) is 0 Å². The quantitative estimate of drug-likeness (QED) is 0.537. The van der Waals surface area contributed by atoms with Crippen LogP contribution in [-0.4, -0.2) is 23.4 Å². The van der Waals surface area contributed by atoms with E-state index in [4.69, 9.17) is 34.8 Å². The van der Waals surface area contributed by atoms with Crippen molar-refractivity contribution in [3.05, 3.63) is 29.8 Å². The van der Waals surface area contributed by atoms with E-state index >= 15 is 0 Å². The molecule has 134 valence electrons. The highest BCUT2D eigenvalue weighted by atomic mass is 35.6. The van der Waals surface area contributed by atoms with Gasteiger partial charge in [0.25, 0.3) is 0 Å². The summed E-state index contributed by atoms with van der Waals surface area (Å²) in [4.78, 5) is 2.29. The predicted octanol–water partition coefficient (Wildman–Crippen LogP) is 6.00. The third kappa shape index (κ3) is 7.70. The Kier molecular flexibility index (Phi) is 11.0. The number of hydrogen-bond donors (Lipinski definition) is 1. The van der Waals surface area contributed by atoms with Crippen molar-refractivity contribution in [1.82, 2.24) is 5.32 Å². The summed E-state index contributed by atoms with van der Waals surface area (Å²) in [6.07, 6.45) is 1.05. The first-order valence-corrected chi connectivity index (χ1v) is 9.08. The molecule has 0 radical (unpaired) electrons. The smallest absolute Gasteiger partial charge is 0.209 e. The van der Waals surface area contributed by atoms with Gasteiger partial charge in [-0.3, -0.25) is 0 Å². The van der Waals surface area contributed by atoms with Crippen molar-refractivity contribution in [1.29, 1.82) is 0 Å². The standard InChI is InChI=1S/C17H27Cl3N2.ClH/c1-5-22(6-2)15-9-7-14(8-10-15)16(17(18,19)20)21-12-11-13(3)4;/h7-10,13,16,21H,5-6,11-12H2,1-4H3;1H. The molecular weight excluding hydrogens is 374 g/mol. The van der Waals surface area contributed by atoms with Gasteiger partial charge >= 0.3 is 0 Å². The maximum atomic E-state index is 6.16. The third-order valence-electron chi connectivity index (χ3n) is 3.75. The Morgan fingerprint density at radius 1 is 1.04 bits per heavy atom. The van der Waals surface area contributed by atoms with Crippen LogP contribution in [0.15, 0.2) is 24.3 Å². The molecule has 0 heterocycles. The largest absolute Gasteiger partial charge is 0.372 e. The SMILES string of the molecule is CCN(CC)c1ccc(C(NCCC(C)C)C(Cl)(Cl)Cl)cc1.Cl. The van der Waals surface area contributed by atoms with Crippen molar-refractivity contribution in [2.75, 3.05) is 24.5 Å². The van der Waals surface area contributed by atoms with Crippen molar-refractivity contribution >= 4 is 52.9 Å². The molecule has 0 saturated heterocycles. The lowest BCUT2D eigenvalue weighted by atomic mass is 10.1. The van der Waals surface area contributed by atoms with Gasteiger partial charge < -0.3 is 10.2 Å². The molecule has 0 aliphatic carbocycles. The van der Waals surface area contributed by atoms with Crippen LogP contribution in [0.2, 0.25) is 0 Å². The molecule has 0 spiro atoms. The highest BCUT2D eigenvalue weighted by Gasteiger charge is 2.33. The average Bonchev–Trinajstić information content (AvgIpc) is 2.44. The van der Waals surface area contributed by atoms with E-state index in [1.807, 2.05) is 12.1 Å². The molecule has 1 aromatic rings. The number of anilines is 1. The van der Waals surface area contributed by atoms with E-state index in [2.05, 4.69) is 50.0 Å². The first-order valence-electron chi connectivity index (χ1n) is 7.94. The molecule has 0 saturated carbocycles. The monoisotopic (exact) mass is 400 g/mol.